The second kappa shape index (κ2) is 7.38. The van der Waals surface area contributed by atoms with Gasteiger partial charge in [-0.05, 0) is 23.8 Å². The molecule has 0 unspecified atom stereocenters. The second-order valence-electron chi connectivity index (χ2n) is 6.81. The molecule has 4 amide bonds. The second-order valence-corrected chi connectivity index (χ2v) is 6.81. The Labute approximate surface area is 167 Å². The van der Waals surface area contributed by atoms with Gasteiger partial charge in [-0.2, -0.15) is 0 Å². The van der Waals surface area contributed by atoms with Crippen molar-refractivity contribution in [2.45, 2.75) is 12.5 Å². The van der Waals surface area contributed by atoms with E-state index >= 15 is 0 Å². The molecular formula is C21H19N3O5. The average molecular weight is 393 g/mol. The Morgan fingerprint density at radius 2 is 1.83 bits per heavy atom. The summed E-state index contributed by atoms with van der Waals surface area (Å²) < 4.78 is 5.69. The number of ether oxygens (including phenoxy) is 1. The zero-order chi connectivity index (χ0) is 20.5. The summed E-state index contributed by atoms with van der Waals surface area (Å²) in [6, 6.07) is 13.7. The van der Waals surface area contributed by atoms with Crippen LogP contribution in [0, 0.1) is 0 Å². The number of amides is 4. The van der Waals surface area contributed by atoms with Gasteiger partial charge in [0.1, 0.15) is 12.3 Å². The molecule has 0 aliphatic carbocycles. The summed E-state index contributed by atoms with van der Waals surface area (Å²) in [5, 5.41) is 2.51. The van der Waals surface area contributed by atoms with Gasteiger partial charge in [-0.1, -0.05) is 30.3 Å². The van der Waals surface area contributed by atoms with Gasteiger partial charge in [-0.3, -0.25) is 24.1 Å². The fourth-order valence-electron chi connectivity index (χ4n) is 3.55. The highest BCUT2D eigenvalue weighted by atomic mass is 16.5. The van der Waals surface area contributed by atoms with Crippen molar-refractivity contribution >= 4 is 29.3 Å². The third-order valence-electron chi connectivity index (χ3n) is 5.04. The van der Waals surface area contributed by atoms with E-state index in [1.54, 1.807) is 48.5 Å². The fraction of sp³-hybridized carbons (Fsp3) is 0.238. The van der Waals surface area contributed by atoms with Gasteiger partial charge in [0.25, 0.3) is 11.8 Å². The van der Waals surface area contributed by atoms with Crippen molar-refractivity contribution in [3.8, 4) is 5.75 Å². The topological polar surface area (TPSA) is 96.0 Å². The average Bonchev–Trinajstić information content (AvgIpc) is 2.75. The van der Waals surface area contributed by atoms with E-state index in [-0.39, 0.29) is 18.9 Å². The number of carbonyl (C=O) groups excluding carboxylic acids is 4. The Balaban J connectivity index is 1.60. The van der Waals surface area contributed by atoms with E-state index in [1.165, 1.54) is 11.9 Å². The summed E-state index contributed by atoms with van der Waals surface area (Å²) in [4.78, 5) is 52.8. The van der Waals surface area contributed by atoms with Crippen molar-refractivity contribution in [2.75, 3.05) is 25.0 Å². The molecule has 2 aromatic carbocycles. The highest BCUT2D eigenvalue weighted by molar-refractivity contribution is 6.12. The minimum absolute atomic E-state index is 0.0116. The summed E-state index contributed by atoms with van der Waals surface area (Å²) in [6.07, 6.45) is -0.817. The van der Waals surface area contributed by atoms with Crippen molar-refractivity contribution in [2.24, 2.45) is 0 Å². The van der Waals surface area contributed by atoms with Gasteiger partial charge in [0.05, 0.1) is 18.7 Å². The lowest BCUT2D eigenvalue weighted by Gasteiger charge is -2.35. The summed E-state index contributed by atoms with van der Waals surface area (Å²) in [6.45, 7) is -0.414. The van der Waals surface area contributed by atoms with Gasteiger partial charge in [-0.15, -0.1) is 0 Å². The number of rotatable bonds is 3. The van der Waals surface area contributed by atoms with Crippen LogP contribution in [0.4, 0.5) is 5.69 Å². The van der Waals surface area contributed by atoms with Crippen molar-refractivity contribution in [1.29, 1.82) is 0 Å². The van der Waals surface area contributed by atoms with E-state index in [0.29, 0.717) is 22.6 Å². The molecule has 29 heavy (non-hydrogen) atoms. The number of fused-ring (bicyclic) bond motifs is 2. The van der Waals surface area contributed by atoms with Crippen LogP contribution < -0.4 is 15.0 Å². The van der Waals surface area contributed by atoms with Gasteiger partial charge in [0.15, 0.2) is 6.10 Å². The zero-order valence-electron chi connectivity index (χ0n) is 15.8. The zero-order valence-corrected chi connectivity index (χ0v) is 15.8. The minimum Gasteiger partial charge on any atom is -0.477 e. The molecule has 0 aromatic heterocycles. The van der Waals surface area contributed by atoms with E-state index in [1.807, 2.05) is 0 Å². The molecule has 2 aliphatic rings. The smallest absolute Gasteiger partial charge is 0.262 e. The number of benzene rings is 2. The Morgan fingerprint density at radius 1 is 1.10 bits per heavy atom. The van der Waals surface area contributed by atoms with Gasteiger partial charge in [0, 0.05) is 12.6 Å². The molecule has 1 N–H and O–H groups in total. The van der Waals surface area contributed by atoms with Crippen molar-refractivity contribution in [3.63, 3.8) is 0 Å². The Bertz CT molecular complexity index is 1020. The summed E-state index contributed by atoms with van der Waals surface area (Å²) in [5.41, 5.74) is 1.57. The molecule has 2 heterocycles. The lowest BCUT2D eigenvalue weighted by molar-refractivity contribution is -0.133. The van der Waals surface area contributed by atoms with E-state index < -0.39 is 30.4 Å². The quantitative estimate of drug-likeness (QED) is 0.777. The molecule has 0 fully saturated rings. The molecule has 148 valence electrons. The number of nitrogens with one attached hydrogen (secondary N) is 1. The summed E-state index contributed by atoms with van der Waals surface area (Å²) in [5.74, 6) is -1.35. The van der Waals surface area contributed by atoms with E-state index in [9.17, 15) is 19.2 Å². The summed E-state index contributed by atoms with van der Waals surface area (Å²) in [7, 11) is 1.49. The van der Waals surface area contributed by atoms with E-state index in [0.717, 1.165) is 4.90 Å². The monoisotopic (exact) mass is 393 g/mol. The van der Waals surface area contributed by atoms with Gasteiger partial charge >= 0.3 is 0 Å². The molecule has 1 atom stereocenters. The van der Waals surface area contributed by atoms with Gasteiger partial charge in [0.2, 0.25) is 11.8 Å². The Kier molecular flexibility index (Phi) is 4.75. The molecule has 0 spiro atoms. The van der Waals surface area contributed by atoms with Crippen molar-refractivity contribution in [1.82, 2.24) is 10.2 Å². The largest absolute Gasteiger partial charge is 0.477 e. The molecule has 8 nitrogen and oxygen atoms in total. The first kappa shape index (κ1) is 18.7. The van der Waals surface area contributed by atoms with Crippen LogP contribution >= 0.6 is 0 Å². The number of imide groups is 1. The molecular weight excluding hydrogens is 374 g/mol. The van der Waals surface area contributed by atoms with Crippen molar-refractivity contribution in [3.05, 3.63) is 59.7 Å². The number of nitrogens with zero attached hydrogens (tertiary/aromatic N) is 2. The lowest BCUT2D eigenvalue weighted by Crippen LogP contribution is -2.54. The van der Waals surface area contributed by atoms with Crippen LogP contribution in [-0.2, 0) is 20.8 Å². The number of anilines is 1. The predicted octanol–water partition coefficient (Wildman–Crippen LogP) is 0.752. The number of likely N-dealkylation sites (N-methyl/N-ethyl adjacent to an activating group) is 1. The molecule has 4 rings (SSSR count). The molecule has 0 radical (unpaired) electrons. The molecule has 8 heteroatoms. The predicted molar refractivity (Wildman–Crippen MR) is 103 cm³/mol. The molecule has 0 saturated carbocycles. The van der Waals surface area contributed by atoms with Crippen LogP contribution in [0.2, 0.25) is 0 Å². The third-order valence-corrected chi connectivity index (χ3v) is 5.04. The summed E-state index contributed by atoms with van der Waals surface area (Å²) >= 11 is 0. The maximum atomic E-state index is 13.1. The highest BCUT2D eigenvalue weighted by Gasteiger charge is 2.37. The number of hydrogen-bond donors (Lipinski definition) is 1. The minimum atomic E-state index is -0.882. The SMILES string of the molecule is CNC(=O)[C@H]1CN(C(=O)CN2C(=O)Cc3ccccc3C2=O)c2ccccc2O1. The van der Waals surface area contributed by atoms with E-state index in [2.05, 4.69) is 5.32 Å². The first-order valence-corrected chi connectivity index (χ1v) is 9.20. The maximum Gasteiger partial charge on any atom is 0.262 e. The van der Waals surface area contributed by atoms with Crippen LogP contribution in [0.15, 0.2) is 48.5 Å². The van der Waals surface area contributed by atoms with Gasteiger partial charge in [-0.25, -0.2) is 0 Å². The number of para-hydroxylation sites is 2. The molecule has 2 aliphatic heterocycles. The Morgan fingerprint density at radius 3 is 2.62 bits per heavy atom. The lowest BCUT2D eigenvalue weighted by atomic mass is 9.98. The van der Waals surface area contributed by atoms with Crippen LogP contribution in [0.25, 0.3) is 0 Å². The normalized spacial score (nSPS) is 17.9. The first-order valence-electron chi connectivity index (χ1n) is 9.20. The number of hydrogen-bond acceptors (Lipinski definition) is 5. The highest BCUT2D eigenvalue weighted by Crippen LogP contribution is 2.33. The molecule has 0 saturated heterocycles. The van der Waals surface area contributed by atoms with Crippen molar-refractivity contribution < 1.29 is 23.9 Å². The van der Waals surface area contributed by atoms with Crippen LogP contribution in [0.3, 0.4) is 0 Å². The standard InChI is InChI=1S/C21H19N3O5/c1-22-20(27)17-11-23(15-8-4-5-9-16(15)29-17)19(26)12-24-18(25)10-13-6-2-3-7-14(13)21(24)28/h2-9,17H,10-12H2,1H3,(H,22,27)/t17-/m1/s1. The fourth-order valence-corrected chi connectivity index (χ4v) is 3.55. The van der Waals surface area contributed by atoms with Crippen LogP contribution in [0.5, 0.6) is 5.75 Å². The van der Waals surface area contributed by atoms with Crippen LogP contribution in [-0.4, -0.2) is 54.8 Å². The number of carbonyl (C=O) groups is 4. The van der Waals surface area contributed by atoms with E-state index in [4.69, 9.17) is 4.74 Å². The Hall–Kier alpha value is -3.68. The third kappa shape index (κ3) is 3.33. The molecule has 2 aromatic rings. The maximum absolute atomic E-state index is 13.1. The first-order chi connectivity index (χ1) is 14.0. The van der Waals surface area contributed by atoms with Gasteiger partial charge < -0.3 is 15.0 Å². The molecule has 0 bridgehead atoms. The van der Waals surface area contributed by atoms with Crippen LogP contribution in [0.1, 0.15) is 15.9 Å².